The van der Waals surface area contributed by atoms with Gasteiger partial charge in [0.05, 0.1) is 6.61 Å². The number of nitrogens with one attached hydrogen (secondary N) is 1. The molecular weight excluding hydrogens is 248 g/mol. The van der Waals surface area contributed by atoms with Crippen molar-refractivity contribution in [2.24, 2.45) is 5.92 Å². The SMILES string of the molecule is CCNC(C)(CO)CCCN1CCCC2CCCCC21. The van der Waals surface area contributed by atoms with Crippen molar-refractivity contribution >= 4 is 0 Å². The molecule has 1 saturated heterocycles. The standard InChI is InChI=1S/C17H34N2O/c1-3-18-17(2,14-20)11-7-13-19-12-6-9-15-8-4-5-10-16(15)19/h15-16,18,20H,3-14H2,1-2H3. The molecule has 0 amide bonds. The maximum Gasteiger partial charge on any atom is 0.0610 e. The summed E-state index contributed by atoms with van der Waals surface area (Å²) in [5.74, 6) is 0.982. The van der Waals surface area contributed by atoms with Crippen LogP contribution in [0.2, 0.25) is 0 Å². The fourth-order valence-corrected chi connectivity index (χ4v) is 4.33. The minimum atomic E-state index is -0.0868. The second kappa shape index (κ2) is 7.77. The highest BCUT2D eigenvalue weighted by molar-refractivity contribution is 4.88. The topological polar surface area (TPSA) is 35.5 Å². The summed E-state index contributed by atoms with van der Waals surface area (Å²) in [6.07, 6.45) is 10.9. The Hall–Kier alpha value is -0.120. The highest BCUT2D eigenvalue weighted by atomic mass is 16.3. The summed E-state index contributed by atoms with van der Waals surface area (Å²) in [6, 6.07) is 0.872. The van der Waals surface area contributed by atoms with Gasteiger partial charge in [-0.15, -0.1) is 0 Å². The molecule has 2 fully saturated rings. The van der Waals surface area contributed by atoms with E-state index in [1.165, 1.54) is 58.0 Å². The Balaban J connectivity index is 1.77. The normalized spacial score (nSPS) is 30.8. The lowest BCUT2D eigenvalue weighted by Gasteiger charge is -2.44. The van der Waals surface area contributed by atoms with Crippen LogP contribution in [0, 0.1) is 5.92 Å². The maximum atomic E-state index is 9.56. The minimum Gasteiger partial charge on any atom is -0.394 e. The van der Waals surface area contributed by atoms with E-state index in [1.807, 2.05) is 0 Å². The molecule has 1 aliphatic heterocycles. The Morgan fingerprint density at radius 1 is 1.20 bits per heavy atom. The molecule has 1 saturated carbocycles. The Morgan fingerprint density at radius 2 is 1.95 bits per heavy atom. The predicted octanol–water partition coefficient (Wildman–Crippen LogP) is 2.78. The van der Waals surface area contributed by atoms with E-state index in [4.69, 9.17) is 0 Å². The largest absolute Gasteiger partial charge is 0.394 e. The van der Waals surface area contributed by atoms with Gasteiger partial charge in [-0.25, -0.2) is 0 Å². The summed E-state index contributed by atoms with van der Waals surface area (Å²) in [5, 5.41) is 13.0. The second-order valence-electron chi connectivity index (χ2n) is 7.14. The number of fused-ring (bicyclic) bond motifs is 1. The first kappa shape index (κ1) is 16.3. The molecular formula is C17H34N2O. The summed E-state index contributed by atoms with van der Waals surface area (Å²) in [6.45, 7) is 7.97. The van der Waals surface area contributed by atoms with Crippen LogP contribution in [-0.4, -0.2) is 47.8 Å². The average molecular weight is 282 g/mol. The third kappa shape index (κ3) is 4.19. The first-order valence-electron chi connectivity index (χ1n) is 8.78. The summed E-state index contributed by atoms with van der Waals surface area (Å²) in [7, 11) is 0. The van der Waals surface area contributed by atoms with E-state index in [9.17, 15) is 5.11 Å². The van der Waals surface area contributed by atoms with Crippen molar-refractivity contribution in [2.45, 2.75) is 76.8 Å². The lowest BCUT2D eigenvalue weighted by molar-refractivity contribution is 0.0560. The van der Waals surface area contributed by atoms with E-state index in [2.05, 4.69) is 24.1 Å². The van der Waals surface area contributed by atoms with Gasteiger partial charge in [0.25, 0.3) is 0 Å². The van der Waals surface area contributed by atoms with Gasteiger partial charge in [0.1, 0.15) is 0 Å². The Bertz CT molecular complexity index is 282. The van der Waals surface area contributed by atoms with Crippen molar-refractivity contribution < 1.29 is 5.11 Å². The number of nitrogens with zero attached hydrogens (tertiary/aromatic N) is 1. The number of likely N-dealkylation sites (tertiary alicyclic amines) is 1. The molecule has 2 aliphatic rings. The quantitative estimate of drug-likeness (QED) is 0.754. The summed E-state index contributed by atoms with van der Waals surface area (Å²) in [5.41, 5.74) is -0.0868. The molecule has 118 valence electrons. The van der Waals surface area contributed by atoms with Crippen LogP contribution in [0.1, 0.15) is 65.2 Å². The Kier molecular flexibility index (Phi) is 6.31. The van der Waals surface area contributed by atoms with Gasteiger partial charge in [0.2, 0.25) is 0 Å². The van der Waals surface area contributed by atoms with Crippen LogP contribution in [0.15, 0.2) is 0 Å². The van der Waals surface area contributed by atoms with Crippen LogP contribution in [0.4, 0.5) is 0 Å². The van der Waals surface area contributed by atoms with E-state index in [1.54, 1.807) is 0 Å². The molecule has 0 aromatic heterocycles. The molecule has 0 radical (unpaired) electrons. The van der Waals surface area contributed by atoms with E-state index in [-0.39, 0.29) is 12.1 Å². The molecule has 0 aromatic rings. The molecule has 2 N–H and O–H groups in total. The summed E-state index contributed by atoms with van der Waals surface area (Å²) < 4.78 is 0. The smallest absolute Gasteiger partial charge is 0.0610 e. The van der Waals surface area contributed by atoms with Gasteiger partial charge in [-0.1, -0.05) is 19.8 Å². The van der Waals surface area contributed by atoms with Gasteiger partial charge in [-0.2, -0.15) is 0 Å². The zero-order chi connectivity index (χ0) is 14.4. The van der Waals surface area contributed by atoms with Gasteiger partial charge in [-0.3, -0.25) is 0 Å². The molecule has 20 heavy (non-hydrogen) atoms. The first-order valence-corrected chi connectivity index (χ1v) is 8.78. The molecule has 0 spiro atoms. The first-order chi connectivity index (χ1) is 9.68. The second-order valence-corrected chi connectivity index (χ2v) is 7.14. The monoisotopic (exact) mass is 282 g/mol. The van der Waals surface area contributed by atoms with Crippen molar-refractivity contribution in [3.8, 4) is 0 Å². The number of hydrogen-bond donors (Lipinski definition) is 2. The van der Waals surface area contributed by atoms with Gasteiger partial charge >= 0.3 is 0 Å². The van der Waals surface area contributed by atoms with Crippen molar-refractivity contribution in [2.75, 3.05) is 26.2 Å². The van der Waals surface area contributed by atoms with E-state index >= 15 is 0 Å². The Labute approximate surface area is 125 Å². The number of aliphatic hydroxyl groups is 1. The van der Waals surface area contributed by atoms with Crippen LogP contribution in [0.3, 0.4) is 0 Å². The van der Waals surface area contributed by atoms with Gasteiger partial charge in [0, 0.05) is 11.6 Å². The molecule has 1 heterocycles. The van der Waals surface area contributed by atoms with Crippen LogP contribution in [-0.2, 0) is 0 Å². The van der Waals surface area contributed by atoms with E-state index in [0.717, 1.165) is 24.9 Å². The zero-order valence-corrected chi connectivity index (χ0v) is 13.5. The van der Waals surface area contributed by atoms with Crippen molar-refractivity contribution in [1.82, 2.24) is 10.2 Å². The maximum absolute atomic E-state index is 9.56. The molecule has 3 heteroatoms. The fraction of sp³-hybridized carbons (Fsp3) is 1.00. The van der Waals surface area contributed by atoms with Crippen LogP contribution in [0.5, 0.6) is 0 Å². The van der Waals surface area contributed by atoms with Crippen molar-refractivity contribution in [3.05, 3.63) is 0 Å². The molecule has 3 unspecified atom stereocenters. The average Bonchev–Trinajstić information content (AvgIpc) is 2.48. The predicted molar refractivity (Wildman–Crippen MR) is 85.0 cm³/mol. The lowest BCUT2D eigenvalue weighted by Crippen LogP contribution is -2.49. The molecule has 0 aromatic carbocycles. The van der Waals surface area contributed by atoms with Gasteiger partial charge in [-0.05, 0) is 71.0 Å². The number of hydrogen-bond acceptors (Lipinski definition) is 3. The van der Waals surface area contributed by atoms with E-state index < -0.39 is 0 Å². The van der Waals surface area contributed by atoms with Crippen molar-refractivity contribution in [3.63, 3.8) is 0 Å². The molecule has 0 bridgehead atoms. The lowest BCUT2D eigenvalue weighted by atomic mass is 9.78. The van der Waals surface area contributed by atoms with E-state index in [0.29, 0.717) is 0 Å². The number of aliphatic hydroxyl groups excluding tert-OH is 1. The number of likely N-dealkylation sites (N-methyl/N-ethyl adjacent to an activating group) is 1. The summed E-state index contributed by atoms with van der Waals surface area (Å²) in [4.78, 5) is 2.76. The van der Waals surface area contributed by atoms with Crippen LogP contribution >= 0.6 is 0 Å². The van der Waals surface area contributed by atoms with Gasteiger partial charge in [0.15, 0.2) is 0 Å². The number of piperidine rings is 1. The van der Waals surface area contributed by atoms with Crippen LogP contribution in [0.25, 0.3) is 0 Å². The molecule has 3 nitrogen and oxygen atoms in total. The van der Waals surface area contributed by atoms with Crippen molar-refractivity contribution in [1.29, 1.82) is 0 Å². The molecule has 1 aliphatic carbocycles. The third-order valence-electron chi connectivity index (χ3n) is 5.48. The highest BCUT2D eigenvalue weighted by Gasteiger charge is 2.33. The fourth-order valence-electron chi connectivity index (χ4n) is 4.33. The molecule has 3 atom stereocenters. The minimum absolute atomic E-state index is 0.0868. The third-order valence-corrected chi connectivity index (χ3v) is 5.48. The number of rotatable bonds is 7. The Morgan fingerprint density at radius 3 is 2.70 bits per heavy atom. The zero-order valence-electron chi connectivity index (χ0n) is 13.5. The molecule has 2 rings (SSSR count). The summed E-state index contributed by atoms with van der Waals surface area (Å²) >= 11 is 0. The van der Waals surface area contributed by atoms with Crippen LogP contribution < -0.4 is 5.32 Å². The van der Waals surface area contributed by atoms with Gasteiger partial charge < -0.3 is 15.3 Å². The highest BCUT2D eigenvalue weighted by Crippen LogP contribution is 2.35.